The van der Waals surface area contributed by atoms with Gasteiger partial charge in [0, 0.05) is 34.1 Å². The standard InChI is InChI=1S/C25H24ClN3OS/c26-16-12-10-15(11-13-16)23-22-19(18-8-4-5-9-20(18)27-22)14-21-24(30)28(25(31)29(21)23)17-6-2-1-3-7-17/h4-5,8-13,17,21,23,27H,1-3,6-7,14H2/t21-,23-/m0/s1. The molecule has 2 aliphatic heterocycles. The molecule has 0 bridgehead atoms. The van der Waals surface area contributed by atoms with Crippen molar-refractivity contribution >= 4 is 45.7 Å². The van der Waals surface area contributed by atoms with Crippen LogP contribution in [0.5, 0.6) is 0 Å². The molecule has 1 aromatic heterocycles. The number of hydrogen-bond donors (Lipinski definition) is 1. The summed E-state index contributed by atoms with van der Waals surface area (Å²) in [5.74, 6) is 0.173. The molecule has 1 saturated heterocycles. The van der Waals surface area contributed by atoms with E-state index in [-0.39, 0.29) is 24.0 Å². The molecule has 0 radical (unpaired) electrons. The van der Waals surface area contributed by atoms with Crippen molar-refractivity contribution in [2.24, 2.45) is 0 Å². The highest BCUT2D eigenvalue weighted by Crippen LogP contribution is 2.45. The third-order valence-electron chi connectivity index (χ3n) is 7.21. The summed E-state index contributed by atoms with van der Waals surface area (Å²) in [6.45, 7) is 0. The topological polar surface area (TPSA) is 39.3 Å². The SMILES string of the molecule is O=C1[C@@H]2Cc3c([nH]c4ccccc34)[C@H](c3ccc(Cl)cc3)N2C(=S)N1C1CCCCC1. The molecule has 1 aliphatic carbocycles. The van der Waals surface area contributed by atoms with Gasteiger partial charge in [0.25, 0.3) is 5.91 Å². The normalized spacial score (nSPS) is 24.0. The van der Waals surface area contributed by atoms with Crippen molar-refractivity contribution in [2.45, 2.75) is 56.7 Å². The van der Waals surface area contributed by atoms with E-state index >= 15 is 0 Å². The van der Waals surface area contributed by atoms with E-state index in [4.69, 9.17) is 23.8 Å². The number of para-hydroxylation sites is 1. The number of carbonyl (C=O) groups is 1. The minimum atomic E-state index is -0.248. The Balaban J connectivity index is 1.51. The van der Waals surface area contributed by atoms with Gasteiger partial charge in [0.2, 0.25) is 0 Å². The molecule has 0 unspecified atom stereocenters. The van der Waals surface area contributed by atoms with E-state index in [1.807, 2.05) is 23.1 Å². The van der Waals surface area contributed by atoms with Crippen LogP contribution >= 0.6 is 23.8 Å². The highest BCUT2D eigenvalue weighted by Gasteiger charge is 2.52. The Morgan fingerprint density at radius 2 is 1.74 bits per heavy atom. The van der Waals surface area contributed by atoms with Gasteiger partial charge in [-0.05, 0) is 54.4 Å². The maximum absolute atomic E-state index is 13.7. The van der Waals surface area contributed by atoms with E-state index in [1.165, 1.54) is 30.2 Å². The zero-order chi connectivity index (χ0) is 21.1. The third kappa shape index (κ3) is 2.94. The van der Waals surface area contributed by atoms with Gasteiger partial charge in [0.05, 0.1) is 6.04 Å². The predicted octanol–water partition coefficient (Wildman–Crippen LogP) is 5.60. The number of aromatic nitrogens is 1. The van der Waals surface area contributed by atoms with Crippen LogP contribution in [-0.2, 0) is 11.2 Å². The largest absolute Gasteiger partial charge is 0.356 e. The lowest BCUT2D eigenvalue weighted by Crippen LogP contribution is -2.44. The van der Waals surface area contributed by atoms with Gasteiger partial charge in [-0.2, -0.15) is 0 Å². The summed E-state index contributed by atoms with van der Waals surface area (Å²) < 4.78 is 0. The molecule has 3 heterocycles. The number of benzene rings is 2. The first-order valence-corrected chi connectivity index (χ1v) is 11.9. The van der Waals surface area contributed by atoms with Gasteiger partial charge in [0.15, 0.2) is 5.11 Å². The zero-order valence-corrected chi connectivity index (χ0v) is 18.8. The number of thiocarbonyl (C=S) groups is 1. The van der Waals surface area contributed by atoms with Gasteiger partial charge in [-0.15, -0.1) is 0 Å². The highest BCUT2D eigenvalue weighted by atomic mass is 35.5. The van der Waals surface area contributed by atoms with Gasteiger partial charge >= 0.3 is 0 Å². The number of aromatic amines is 1. The van der Waals surface area contributed by atoms with E-state index in [2.05, 4.69) is 40.2 Å². The Hall–Kier alpha value is -2.37. The second-order valence-corrected chi connectivity index (χ2v) is 9.73. The summed E-state index contributed by atoms with van der Waals surface area (Å²) in [4.78, 5) is 21.5. The van der Waals surface area contributed by atoms with Gasteiger partial charge in [-0.3, -0.25) is 9.69 Å². The molecule has 0 spiro atoms. The van der Waals surface area contributed by atoms with E-state index in [1.54, 1.807) is 0 Å². The predicted molar refractivity (Wildman–Crippen MR) is 127 cm³/mol. The molecule has 31 heavy (non-hydrogen) atoms. The van der Waals surface area contributed by atoms with Crippen LogP contribution in [-0.4, -0.2) is 37.9 Å². The number of rotatable bonds is 2. The summed E-state index contributed by atoms with van der Waals surface area (Å²) in [5.41, 5.74) is 4.58. The number of nitrogens with one attached hydrogen (secondary N) is 1. The number of H-pyrrole nitrogens is 1. The van der Waals surface area contributed by atoms with Crippen molar-refractivity contribution in [3.8, 4) is 0 Å². The van der Waals surface area contributed by atoms with Crippen LogP contribution in [0.4, 0.5) is 0 Å². The van der Waals surface area contributed by atoms with Crippen molar-refractivity contribution in [3.63, 3.8) is 0 Å². The third-order valence-corrected chi connectivity index (χ3v) is 7.87. The number of nitrogens with zero attached hydrogens (tertiary/aromatic N) is 2. The number of fused-ring (bicyclic) bond motifs is 4. The molecule has 1 amide bonds. The summed E-state index contributed by atoms with van der Waals surface area (Å²) in [6.07, 6.45) is 6.38. The minimum absolute atomic E-state index is 0.122. The first-order chi connectivity index (χ1) is 15.1. The molecule has 3 aliphatic rings. The second-order valence-electron chi connectivity index (χ2n) is 8.93. The van der Waals surface area contributed by atoms with Crippen LogP contribution in [0.15, 0.2) is 48.5 Å². The quantitative estimate of drug-likeness (QED) is 0.518. The van der Waals surface area contributed by atoms with E-state index in [0.717, 1.165) is 29.6 Å². The average molecular weight is 450 g/mol. The van der Waals surface area contributed by atoms with Gasteiger partial charge in [-0.25, -0.2) is 0 Å². The van der Waals surface area contributed by atoms with Crippen molar-refractivity contribution in [1.29, 1.82) is 0 Å². The molecule has 3 aromatic rings. The Morgan fingerprint density at radius 1 is 1.00 bits per heavy atom. The van der Waals surface area contributed by atoms with E-state index < -0.39 is 0 Å². The molecular formula is C25H24ClN3OS. The molecule has 2 fully saturated rings. The maximum Gasteiger partial charge on any atom is 0.252 e. The number of hydrogen-bond acceptors (Lipinski definition) is 2. The second kappa shape index (κ2) is 7.35. The van der Waals surface area contributed by atoms with Crippen molar-refractivity contribution in [3.05, 3.63) is 70.4 Å². The molecule has 158 valence electrons. The first kappa shape index (κ1) is 19.3. The van der Waals surface area contributed by atoms with Crippen molar-refractivity contribution in [1.82, 2.24) is 14.8 Å². The molecular weight excluding hydrogens is 426 g/mol. The molecule has 2 atom stereocenters. The van der Waals surface area contributed by atoms with Gasteiger partial charge in [-0.1, -0.05) is 61.2 Å². The number of carbonyl (C=O) groups excluding carboxylic acids is 1. The molecule has 6 rings (SSSR count). The zero-order valence-electron chi connectivity index (χ0n) is 17.2. The fourth-order valence-electron chi connectivity index (χ4n) is 5.76. The number of amides is 1. The Kier molecular flexibility index (Phi) is 4.58. The number of halogens is 1. The van der Waals surface area contributed by atoms with Crippen molar-refractivity contribution < 1.29 is 4.79 Å². The maximum atomic E-state index is 13.7. The summed E-state index contributed by atoms with van der Waals surface area (Å²) in [5, 5.41) is 2.59. The Bertz CT molecular complexity index is 1180. The highest BCUT2D eigenvalue weighted by molar-refractivity contribution is 7.80. The Morgan fingerprint density at radius 3 is 2.52 bits per heavy atom. The smallest absolute Gasteiger partial charge is 0.252 e. The van der Waals surface area contributed by atoms with Crippen molar-refractivity contribution in [2.75, 3.05) is 0 Å². The van der Waals surface area contributed by atoms with Crippen LogP contribution in [0.2, 0.25) is 5.02 Å². The first-order valence-electron chi connectivity index (χ1n) is 11.1. The van der Waals surface area contributed by atoms with Crippen LogP contribution in [0.25, 0.3) is 10.9 Å². The summed E-state index contributed by atoms with van der Waals surface area (Å²) >= 11 is 12.2. The summed E-state index contributed by atoms with van der Waals surface area (Å²) in [7, 11) is 0. The Labute approximate surface area is 192 Å². The molecule has 1 saturated carbocycles. The molecule has 4 nitrogen and oxygen atoms in total. The lowest BCUT2D eigenvalue weighted by Gasteiger charge is -2.38. The van der Waals surface area contributed by atoms with E-state index in [0.29, 0.717) is 16.6 Å². The minimum Gasteiger partial charge on any atom is -0.356 e. The lowest BCUT2D eigenvalue weighted by atomic mass is 9.89. The van der Waals surface area contributed by atoms with Crippen LogP contribution in [0, 0.1) is 0 Å². The van der Waals surface area contributed by atoms with Crippen LogP contribution < -0.4 is 0 Å². The fourth-order valence-corrected chi connectivity index (χ4v) is 6.36. The van der Waals surface area contributed by atoms with Gasteiger partial charge < -0.3 is 9.88 Å². The van der Waals surface area contributed by atoms with E-state index in [9.17, 15) is 4.79 Å². The average Bonchev–Trinajstić information content (AvgIpc) is 3.29. The van der Waals surface area contributed by atoms with Crippen LogP contribution in [0.3, 0.4) is 0 Å². The summed E-state index contributed by atoms with van der Waals surface area (Å²) in [6, 6.07) is 16.2. The fraction of sp³-hybridized carbons (Fsp3) is 0.360. The van der Waals surface area contributed by atoms with Gasteiger partial charge in [0.1, 0.15) is 6.04 Å². The van der Waals surface area contributed by atoms with Crippen LogP contribution in [0.1, 0.15) is 55.0 Å². The molecule has 1 N–H and O–H groups in total. The molecule has 6 heteroatoms. The molecule has 2 aromatic carbocycles. The monoisotopic (exact) mass is 449 g/mol. The lowest BCUT2D eigenvalue weighted by molar-refractivity contribution is -0.130.